The molecule has 0 aliphatic rings. The zero-order chi connectivity index (χ0) is 11.0. The van der Waals surface area contributed by atoms with Crippen LogP contribution in [-0.2, 0) is 4.79 Å². The van der Waals surface area contributed by atoms with Crippen LogP contribution in [0.3, 0.4) is 0 Å². The van der Waals surface area contributed by atoms with Crippen molar-refractivity contribution in [2.24, 2.45) is 5.73 Å². The molecule has 0 spiro atoms. The van der Waals surface area contributed by atoms with Crippen molar-refractivity contribution in [3.8, 4) is 0 Å². The number of amides is 1. The smallest absolute Gasteiger partial charge is 0.220 e. The molecule has 0 aromatic rings. The second-order valence-electron chi connectivity index (χ2n) is 4.02. The predicted molar refractivity (Wildman–Crippen MR) is 59.1 cm³/mol. The van der Waals surface area contributed by atoms with Crippen molar-refractivity contribution in [3.05, 3.63) is 0 Å². The van der Waals surface area contributed by atoms with E-state index in [-0.39, 0.29) is 11.9 Å². The Hall–Kier alpha value is -0.610. The van der Waals surface area contributed by atoms with Gasteiger partial charge in [-0.15, -0.1) is 0 Å². The lowest BCUT2D eigenvalue weighted by atomic mass is 10.2. The number of carbonyl (C=O) groups is 1. The first-order valence-corrected chi connectivity index (χ1v) is 5.19. The summed E-state index contributed by atoms with van der Waals surface area (Å²) in [6.07, 6.45) is 2.30. The molecular weight excluding hydrogens is 178 g/mol. The van der Waals surface area contributed by atoms with Gasteiger partial charge in [-0.2, -0.15) is 0 Å². The Morgan fingerprint density at radius 1 is 1.50 bits per heavy atom. The van der Waals surface area contributed by atoms with Gasteiger partial charge in [0.05, 0.1) is 0 Å². The maximum Gasteiger partial charge on any atom is 0.220 e. The van der Waals surface area contributed by atoms with Gasteiger partial charge in [-0.3, -0.25) is 4.79 Å². The minimum atomic E-state index is 0.112. The number of hydrogen-bond acceptors (Lipinski definition) is 3. The summed E-state index contributed by atoms with van der Waals surface area (Å²) in [6.45, 7) is 3.68. The molecule has 0 radical (unpaired) electrons. The number of nitrogens with two attached hydrogens (primary N) is 1. The second-order valence-corrected chi connectivity index (χ2v) is 4.02. The predicted octanol–water partition coefficient (Wildman–Crippen LogP) is 0.182. The molecule has 0 fully saturated rings. The first-order valence-electron chi connectivity index (χ1n) is 5.19. The van der Waals surface area contributed by atoms with Crippen molar-refractivity contribution in [3.63, 3.8) is 0 Å². The van der Waals surface area contributed by atoms with E-state index in [1.165, 1.54) is 0 Å². The number of nitrogens with zero attached hydrogens (tertiary/aromatic N) is 1. The largest absolute Gasteiger partial charge is 0.356 e. The lowest BCUT2D eigenvalue weighted by Gasteiger charge is -2.10. The van der Waals surface area contributed by atoms with Crippen LogP contribution >= 0.6 is 0 Å². The highest BCUT2D eigenvalue weighted by molar-refractivity contribution is 5.75. The van der Waals surface area contributed by atoms with Crippen molar-refractivity contribution in [1.29, 1.82) is 0 Å². The highest BCUT2D eigenvalue weighted by Crippen LogP contribution is 1.92. The number of carbonyl (C=O) groups excluding carboxylic acids is 1. The molecule has 0 aromatic carbocycles. The minimum Gasteiger partial charge on any atom is -0.356 e. The highest BCUT2D eigenvalue weighted by Gasteiger charge is 2.02. The first-order chi connectivity index (χ1) is 6.52. The lowest BCUT2D eigenvalue weighted by Crippen LogP contribution is -2.28. The van der Waals surface area contributed by atoms with E-state index in [9.17, 15) is 4.79 Å². The van der Waals surface area contributed by atoms with Crippen LogP contribution in [-0.4, -0.2) is 44.0 Å². The Labute approximate surface area is 86.8 Å². The van der Waals surface area contributed by atoms with Crippen LogP contribution in [0.25, 0.3) is 0 Å². The van der Waals surface area contributed by atoms with E-state index in [0.717, 1.165) is 25.9 Å². The van der Waals surface area contributed by atoms with Crippen LogP contribution in [0.2, 0.25) is 0 Å². The number of rotatable bonds is 7. The zero-order valence-electron chi connectivity index (χ0n) is 9.55. The van der Waals surface area contributed by atoms with Gasteiger partial charge in [0.1, 0.15) is 0 Å². The molecule has 0 aliphatic carbocycles. The standard InChI is InChI=1S/C10H23N3O/c1-9(11)5-6-10(14)12-7-4-8-13(2)3/h9H,4-8,11H2,1-3H3,(H,12,14). The number of nitrogens with one attached hydrogen (secondary N) is 1. The summed E-state index contributed by atoms with van der Waals surface area (Å²) in [5.41, 5.74) is 5.55. The summed E-state index contributed by atoms with van der Waals surface area (Å²) in [7, 11) is 4.05. The van der Waals surface area contributed by atoms with Crippen LogP contribution in [0, 0.1) is 0 Å². The van der Waals surface area contributed by atoms with E-state index in [0.29, 0.717) is 6.42 Å². The molecule has 0 aliphatic heterocycles. The molecule has 1 atom stereocenters. The van der Waals surface area contributed by atoms with Gasteiger partial charge in [0.15, 0.2) is 0 Å². The Kier molecular flexibility index (Phi) is 7.42. The van der Waals surface area contributed by atoms with Crippen LogP contribution in [0.1, 0.15) is 26.2 Å². The van der Waals surface area contributed by atoms with E-state index in [2.05, 4.69) is 10.2 Å². The van der Waals surface area contributed by atoms with Crippen molar-refractivity contribution < 1.29 is 4.79 Å². The normalized spacial score (nSPS) is 12.9. The fourth-order valence-corrected chi connectivity index (χ4v) is 1.07. The Morgan fingerprint density at radius 3 is 2.64 bits per heavy atom. The van der Waals surface area contributed by atoms with Gasteiger partial charge in [0.25, 0.3) is 0 Å². The quantitative estimate of drug-likeness (QED) is 0.578. The first kappa shape index (κ1) is 13.4. The summed E-state index contributed by atoms with van der Waals surface area (Å²) in [4.78, 5) is 13.3. The Morgan fingerprint density at radius 2 is 2.14 bits per heavy atom. The molecule has 1 amide bonds. The van der Waals surface area contributed by atoms with E-state index in [4.69, 9.17) is 5.73 Å². The van der Waals surface area contributed by atoms with E-state index in [1.807, 2.05) is 21.0 Å². The van der Waals surface area contributed by atoms with Crippen LogP contribution in [0.15, 0.2) is 0 Å². The fourth-order valence-electron chi connectivity index (χ4n) is 1.07. The Bertz CT molecular complexity index is 157. The van der Waals surface area contributed by atoms with Crippen molar-refractivity contribution in [2.45, 2.75) is 32.2 Å². The summed E-state index contributed by atoms with van der Waals surface area (Å²) in [6, 6.07) is 0.113. The molecule has 0 rings (SSSR count). The third-order valence-electron chi connectivity index (χ3n) is 1.93. The fraction of sp³-hybridized carbons (Fsp3) is 0.900. The van der Waals surface area contributed by atoms with Gasteiger partial charge in [-0.05, 0) is 40.4 Å². The summed E-state index contributed by atoms with van der Waals surface area (Å²) >= 11 is 0. The van der Waals surface area contributed by atoms with Crippen molar-refractivity contribution in [2.75, 3.05) is 27.2 Å². The van der Waals surface area contributed by atoms with Crippen LogP contribution in [0.5, 0.6) is 0 Å². The lowest BCUT2D eigenvalue weighted by molar-refractivity contribution is -0.121. The third kappa shape index (κ3) is 9.48. The summed E-state index contributed by atoms with van der Waals surface area (Å²) in [5, 5.41) is 2.87. The van der Waals surface area contributed by atoms with Gasteiger partial charge in [0.2, 0.25) is 5.91 Å². The molecule has 3 N–H and O–H groups in total. The van der Waals surface area contributed by atoms with Gasteiger partial charge in [-0.25, -0.2) is 0 Å². The monoisotopic (exact) mass is 201 g/mol. The van der Waals surface area contributed by atoms with Gasteiger partial charge < -0.3 is 16.0 Å². The third-order valence-corrected chi connectivity index (χ3v) is 1.93. The average Bonchev–Trinajstić information content (AvgIpc) is 2.08. The van der Waals surface area contributed by atoms with Gasteiger partial charge in [0, 0.05) is 19.0 Å². The molecule has 0 saturated carbocycles. The maximum atomic E-state index is 11.2. The molecule has 14 heavy (non-hydrogen) atoms. The molecule has 0 aromatic heterocycles. The van der Waals surface area contributed by atoms with Gasteiger partial charge in [-0.1, -0.05) is 0 Å². The van der Waals surface area contributed by atoms with E-state index < -0.39 is 0 Å². The van der Waals surface area contributed by atoms with Crippen LogP contribution < -0.4 is 11.1 Å². The number of hydrogen-bond donors (Lipinski definition) is 2. The molecule has 0 bridgehead atoms. The van der Waals surface area contributed by atoms with Gasteiger partial charge >= 0.3 is 0 Å². The summed E-state index contributed by atoms with van der Waals surface area (Å²) in [5.74, 6) is 0.112. The topological polar surface area (TPSA) is 58.4 Å². The molecule has 0 heterocycles. The zero-order valence-corrected chi connectivity index (χ0v) is 9.55. The SMILES string of the molecule is CC(N)CCC(=O)NCCCN(C)C. The van der Waals surface area contributed by atoms with E-state index in [1.54, 1.807) is 0 Å². The molecule has 0 saturated heterocycles. The Balaban J connectivity index is 3.27. The molecule has 4 nitrogen and oxygen atoms in total. The molecule has 4 heteroatoms. The molecule has 84 valence electrons. The molecular formula is C10H23N3O. The average molecular weight is 201 g/mol. The molecule has 1 unspecified atom stereocenters. The minimum absolute atomic E-state index is 0.112. The highest BCUT2D eigenvalue weighted by atomic mass is 16.1. The van der Waals surface area contributed by atoms with E-state index >= 15 is 0 Å². The van der Waals surface area contributed by atoms with Crippen molar-refractivity contribution >= 4 is 5.91 Å². The van der Waals surface area contributed by atoms with Crippen molar-refractivity contribution in [1.82, 2.24) is 10.2 Å². The second kappa shape index (κ2) is 7.76. The maximum absolute atomic E-state index is 11.2. The van der Waals surface area contributed by atoms with Crippen LogP contribution in [0.4, 0.5) is 0 Å². The summed E-state index contributed by atoms with van der Waals surface area (Å²) < 4.78 is 0.